The first kappa shape index (κ1) is 32.9. The Morgan fingerprint density at radius 3 is 2.63 bits per heavy atom. The van der Waals surface area contributed by atoms with Gasteiger partial charge >= 0.3 is 6.18 Å². The van der Waals surface area contributed by atoms with Crippen LogP contribution in [-0.2, 0) is 17.9 Å². The number of aromatic nitrogens is 5. The van der Waals surface area contributed by atoms with E-state index in [4.69, 9.17) is 9.72 Å². The Morgan fingerprint density at radius 2 is 2.00 bits per heavy atom. The van der Waals surface area contributed by atoms with E-state index in [0.717, 1.165) is 28.9 Å². The van der Waals surface area contributed by atoms with Gasteiger partial charge in [-0.3, -0.25) is 9.48 Å². The van der Waals surface area contributed by atoms with Gasteiger partial charge in [0.25, 0.3) is 5.91 Å². The van der Waals surface area contributed by atoms with Crippen LogP contribution in [0.2, 0.25) is 11.6 Å². The molecule has 1 saturated heterocycles. The highest BCUT2D eigenvalue weighted by Crippen LogP contribution is 2.41. The molecule has 0 saturated carbocycles. The van der Waals surface area contributed by atoms with Gasteiger partial charge in [-0.25, -0.2) is 9.67 Å². The summed E-state index contributed by atoms with van der Waals surface area (Å²) in [5.41, 5.74) is -1.65. The smallest absolute Gasteiger partial charge is 0.397 e. The Bertz CT molecular complexity index is 1420. The number of hydrogen-bond donors (Lipinski definition) is 1. The molecule has 0 aliphatic carbocycles. The third-order valence-electron chi connectivity index (χ3n) is 7.95. The largest absolute Gasteiger partial charge is 0.588 e. The lowest BCUT2D eigenvalue weighted by Crippen LogP contribution is -2.52. The van der Waals surface area contributed by atoms with Crippen LogP contribution < -0.4 is 14.4 Å². The van der Waals surface area contributed by atoms with Crippen LogP contribution in [-0.4, -0.2) is 69.4 Å². The molecule has 3 unspecified atom stereocenters. The van der Waals surface area contributed by atoms with Crippen LogP contribution >= 0.6 is 0 Å². The molecular formula is C28H38F3N7O3SSi. The molecule has 1 aliphatic rings. The van der Waals surface area contributed by atoms with Gasteiger partial charge in [0.05, 0.1) is 17.2 Å². The lowest BCUT2D eigenvalue weighted by molar-refractivity contribution is -0.227. The van der Waals surface area contributed by atoms with Gasteiger partial charge < -0.3 is 14.2 Å². The van der Waals surface area contributed by atoms with Gasteiger partial charge in [0.1, 0.15) is 30.0 Å². The van der Waals surface area contributed by atoms with Gasteiger partial charge in [0.15, 0.2) is 5.82 Å². The number of ether oxygens (including phenoxy) is 1. The Kier molecular flexibility index (Phi) is 9.86. The molecule has 1 fully saturated rings. The summed E-state index contributed by atoms with van der Waals surface area (Å²) in [5, 5.41) is 8.45. The first-order valence-corrected chi connectivity index (χ1v) is 16.7. The molecule has 43 heavy (non-hydrogen) atoms. The average Bonchev–Trinajstić information content (AvgIpc) is 3.65. The second-order valence-corrected chi connectivity index (χ2v) is 14.3. The number of rotatable bonds is 11. The number of aryl methyl sites for hydroxylation is 1. The summed E-state index contributed by atoms with van der Waals surface area (Å²) in [5.74, 6) is 0.252. The maximum Gasteiger partial charge on any atom is 0.397 e. The van der Waals surface area contributed by atoms with Crippen molar-refractivity contribution in [2.75, 3.05) is 18.1 Å². The molecule has 0 aromatic carbocycles. The predicted molar refractivity (Wildman–Crippen MR) is 159 cm³/mol. The van der Waals surface area contributed by atoms with Crippen LogP contribution in [0.15, 0.2) is 41.7 Å². The molecule has 1 aliphatic heterocycles. The average molecular weight is 638 g/mol. The van der Waals surface area contributed by atoms with Crippen LogP contribution in [0.5, 0.6) is 5.88 Å². The fourth-order valence-electron chi connectivity index (χ4n) is 4.56. The highest BCUT2D eigenvalue weighted by molar-refractivity contribution is 7.90. The van der Waals surface area contributed by atoms with Crippen molar-refractivity contribution < 1.29 is 27.3 Å². The quantitative estimate of drug-likeness (QED) is 0.227. The van der Waals surface area contributed by atoms with Gasteiger partial charge in [-0.1, -0.05) is 20.3 Å². The van der Waals surface area contributed by atoms with E-state index in [-0.39, 0.29) is 23.4 Å². The number of halogens is 3. The molecule has 1 amide bonds. The van der Waals surface area contributed by atoms with Crippen molar-refractivity contribution in [2.24, 2.45) is 5.41 Å². The second-order valence-electron chi connectivity index (χ2n) is 11.5. The lowest BCUT2D eigenvalue weighted by Gasteiger charge is -2.46. The van der Waals surface area contributed by atoms with Gasteiger partial charge in [0, 0.05) is 40.4 Å². The van der Waals surface area contributed by atoms with Crippen LogP contribution in [0.3, 0.4) is 0 Å². The monoisotopic (exact) mass is 637 g/mol. The number of nitrogens with zero attached hydrogens (tertiary/aromatic N) is 6. The summed E-state index contributed by atoms with van der Waals surface area (Å²) < 4.78 is 64.6. The normalized spacial score (nSPS) is 19.1. The second kappa shape index (κ2) is 12.9. The topological polar surface area (TPSA) is 113 Å². The maximum atomic E-state index is 13.5. The van der Waals surface area contributed by atoms with Gasteiger partial charge in [-0.15, -0.1) is 5.10 Å². The zero-order valence-corrected chi connectivity index (χ0v) is 27.1. The van der Waals surface area contributed by atoms with Crippen molar-refractivity contribution in [2.45, 2.75) is 89.1 Å². The molecule has 0 bridgehead atoms. The van der Waals surface area contributed by atoms with Crippen LogP contribution in [0, 0.1) is 5.41 Å². The molecule has 15 heteroatoms. The van der Waals surface area contributed by atoms with E-state index in [2.05, 4.69) is 40.6 Å². The minimum Gasteiger partial charge on any atom is -0.588 e. The SMILES string of the molecule is CCC1CN(c2nc(-n3ccc(OCC(C)(CC)C(F)(F)F)n3)ccc2C(=O)N[S+]([O-])c2cnn(CC)c2)C(C)(C)C[Si]1. The van der Waals surface area contributed by atoms with E-state index in [9.17, 15) is 22.5 Å². The molecule has 3 atom stereocenters. The molecule has 4 rings (SSSR count). The number of alkyl halides is 3. The lowest BCUT2D eigenvalue weighted by atomic mass is 9.88. The first-order chi connectivity index (χ1) is 20.2. The standard InChI is InChI=1S/C28H38F3N7O3SSi/c1-7-20-16-37(26(4,5)18-43-20)24-21(25(39)35-42(40)19-14-32-36(9-3)15-19)10-11-22(33-24)38-13-12-23(34-38)41-17-27(6,8-2)28(29,30)31/h10-15,20H,7-9,16-18H2,1-6H3,(H,35,39). The Labute approximate surface area is 255 Å². The molecule has 3 aromatic rings. The van der Waals surface area contributed by atoms with Crippen LogP contribution in [0.4, 0.5) is 19.0 Å². The highest BCUT2D eigenvalue weighted by Gasteiger charge is 2.50. The van der Waals surface area contributed by atoms with Crippen molar-refractivity contribution in [1.82, 2.24) is 29.3 Å². The summed E-state index contributed by atoms with van der Waals surface area (Å²) in [6.45, 7) is 11.6. The zero-order valence-electron chi connectivity index (χ0n) is 25.2. The van der Waals surface area contributed by atoms with Gasteiger partial charge in [-0.2, -0.15) is 23.0 Å². The number of amides is 1. The Hall–Kier alpha value is -3.04. The minimum absolute atomic E-state index is 0.0302. The predicted octanol–water partition coefficient (Wildman–Crippen LogP) is 5.21. The molecule has 10 nitrogen and oxygen atoms in total. The molecular weight excluding hydrogens is 600 g/mol. The zero-order chi connectivity index (χ0) is 31.6. The maximum absolute atomic E-state index is 13.5. The molecule has 234 valence electrons. The van der Waals surface area contributed by atoms with Crippen molar-refractivity contribution in [3.63, 3.8) is 0 Å². The van der Waals surface area contributed by atoms with E-state index in [1.165, 1.54) is 23.9 Å². The molecule has 3 aromatic heterocycles. The van der Waals surface area contributed by atoms with Crippen LogP contribution in [0.1, 0.15) is 64.7 Å². The number of carbonyl (C=O) groups is 1. The van der Waals surface area contributed by atoms with Crippen LogP contribution in [0.25, 0.3) is 5.82 Å². The first-order valence-electron chi connectivity index (χ1n) is 14.2. The van der Waals surface area contributed by atoms with E-state index >= 15 is 0 Å². The summed E-state index contributed by atoms with van der Waals surface area (Å²) in [6.07, 6.45) is 1.05. The summed E-state index contributed by atoms with van der Waals surface area (Å²) in [6, 6.07) is 5.59. The number of anilines is 1. The van der Waals surface area contributed by atoms with Crippen molar-refractivity contribution in [3.05, 3.63) is 42.4 Å². The number of nitrogens with one attached hydrogen (secondary N) is 1. The fourth-order valence-corrected chi connectivity index (χ4v) is 6.89. The van der Waals surface area contributed by atoms with Crippen molar-refractivity contribution in [1.29, 1.82) is 0 Å². The molecule has 0 spiro atoms. The molecule has 2 radical (unpaired) electrons. The third-order valence-corrected chi connectivity index (χ3v) is 11.2. The highest BCUT2D eigenvalue weighted by atomic mass is 32.2. The summed E-state index contributed by atoms with van der Waals surface area (Å²) in [7, 11) is 0.768. The molecule has 4 heterocycles. The minimum atomic E-state index is -4.42. The number of carbonyl (C=O) groups excluding carboxylic acids is 1. The van der Waals surface area contributed by atoms with Crippen molar-refractivity contribution in [3.8, 4) is 11.7 Å². The Morgan fingerprint density at radius 1 is 1.26 bits per heavy atom. The van der Waals surface area contributed by atoms with E-state index in [1.54, 1.807) is 29.2 Å². The summed E-state index contributed by atoms with van der Waals surface area (Å²) in [4.78, 5) is 20.9. The Balaban J connectivity index is 1.66. The van der Waals surface area contributed by atoms with Crippen molar-refractivity contribution >= 4 is 32.6 Å². The fraction of sp³-hybridized carbons (Fsp3) is 0.571. The number of hydrogen-bond acceptors (Lipinski definition) is 7. The summed E-state index contributed by atoms with van der Waals surface area (Å²) >= 11 is -1.83. The van der Waals surface area contributed by atoms with Gasteiger partial charge in [-0.05, 0) is 57.8 Å². The third kappa shape index (κ3) is 7.20. The van der Waals surface area contributed by atoms with E-state index in [0.29, 0.717) is 35.2 Å². The van der Waals surface area contributed by atoms with Gasteiger partial charge in [0.2, 0.25) is 10.8 Å². The van der Waals surface area contributed by atoms with E-state index < -0.39 is 35.5 Å². The number of pyridine rings is 1. The van der Waals surface area contributed by atoms with E-state index in [1.807, 2.05) is 6.92 Å². The molecule has 1 N–H and O–H groups in total.